The minimum atomic E-state index is -2.74. The van der Waals surface area contributed by atoms with E-state index in [-0.39, 0.29) is 0 Å². The van der Waals surface area contributed by atoms with Gasteiger partial charge in [0.25, 0.3) is 0 Å². The van der Waals surface area contributed by atoms with Crippen molar-refractivity contribution in [1.29, 1.82) is 0 Å². The van der Waals surface area contributed by atoms with Crippen LogP contribution in [0.2, 0.25) is 0 Å². The fourth-order valence-corrected chi connectivity index (χ4v) is 3.32. The molecule has 2 rings (SSSR count). The number of carboxylic acids is 3. The highest BCUT2D eigenvalue weighted by Crippen LogP contribution is 2.16. The Morgan fingerprint density at radius 3 is 1.94 bits per heavy atom. The molecule has 2 aromatic rings. The molecule has 11 heteroatoms. The van der Waals surface area contributed by atoms with Crippen molar-refractivity contribution >= 4 is 29.2 Å². The van der Waals surface area contributed by atoms with E-state index in [1.165, 1.54) is 11.1 Å². The van der Waals surface area contributed by atoms with Crippen LogP contribution in [0.25, 0.3) is 0 Å². The first-order valence-electron chi connectivity index (χ1n) is 9.68. The Morgan fingerprint density at radius 2 is 1.50 bits per heavy atom. The summed E-state index contributed by atoms with van der Waals surface area (Å²) >= 11 is 1.77. The van der Waals surface area contributed by atoms with Crippen molar-refractivity contribution in [3.8, 4) is 0 Å². The van der Waals surface area contributed by atoms with Crippen LogP contribution in [0.1, 0.15) is 24.0 Å². The van der Waals surface area contributed by atoms with Crippen molar-refractivity contribution in [2.45, 2.75) is 31.5 Å². The quantitative estimate of drug-likeness (QED) is 0.361. The summed E-state index contributed by atoms with van der Waals surface area (Å²) in [5.74, 6) is -5.02. The Kier molecular flexibility index (Phi) is 11.5. The van der Waals surface area contributed by atoms with Crippen LogP contribution in [0.5, 0.6) is 0 Å². The Labute approximate surface area is 190 Å². The lowest BCUT2D eigenvalue weighted by atomic mass is 9.96. The zero-order chi connectivity index (χ0) is 24.1. The highest BCUT2D eigenvalue weighted by Gasteiger charge is 2.40. The molecule has 0 spiro atoms. The topological polar surface area (TPSA) is 152 Å². The molecule has 0 saturated carbocycles. The van der Waals surface area contributed by atoms with Crippen LogP contribution in [-0.4, -0.2) is 85.9 Å². The fraction of sp³-hybridized carbons (Fsp3) is 0.429. The lowest BCUT2D eigenvalue weighted by molar-refractivity contribution is -0.170. The zero-order valence-corrected chi connectivity index (χ0v) is 18.9. The maximum Gasteiger partial charge on any atom is 0.336 e. The van der Waals surface area contributed by atoms with Gasteiger partial charge in [-0.25, -0.2) is 4.79 Å². The summed E-state index contributed by atoms with van der Waals surface area (Å²) in [6, 6.07) is 6.40. The summed E-state index contributed by atoms with van der Waals surface area (Å²) < 4.78 is 0. The summed E-state index contributed by atoms with van der Waals surface area (Å²) in [5.41, 5.74) is -0.0145. The average molecular weight is 468 g/mol. The van der Waals surface area contributed by atoms with E-state index in [1.54, 1.807) is 11.3 Å². The maximum atomic E-state index is 10.3. The van der Waals surface area contributed by atoms with Gasteiger partial charge >= 0.3 is 17.9 Å². The Bertz CT molecular complexity index is 828. The summed E-state index contributed by atoms with van der Waals surface area (Å²) in [6.07, 6.45) is 1.44. The number of carboxylic acid groups (broad SMARTS) is 3. The first kappa shape index (κ1) is 27.2. The molecule has 10 nitrogen and oxygen atoms in total. The molecule has 0 bridgehead atoms. The van der Waals surface area contributed by atoms with Crippen molar-refractivity contribution in [3.63, 3.8) is 0 Å². The molecule has 4 N–H and O–H groups in total. The summed E-state index contributed by atoms with van der Waals surface area (Å²) in [5, 5.41) is 38.2. The molecule has 2 heterocycles. The number of thiophene rings is 1. The molecule has 0 unspecified atom stereocenters. The molecule has 0 atom stereocenters. The number of pyridine rings is 1. The molecular weight excluding hydrogens is 438 g/mol. The number of rotatable bonds is 12. The molecule has 0 fully saturated rings. The molecule has 0 radical (unpaired) electrons. The van der Waals surface area contributed by atoms with Gasteiger partial charge in [0.15, 0.2) is 5.60 Å². The number of carbonyl (C=O) groups is 3. The van der Waals surface area contributed by atoms with Gasteiger partial charge in [0, 0.05) is 38.6 Å². The second kappa shape index (κ2) is 13.5. The predicted octanol–water partition coefficient (Wildman–Crippen LogP) is 1.46. The molecule has 0 aromatic carbocycles. The number of likely N-dealkylation sites (N-methyl/N-ethyl adjacent to an activating group) is 1. The molecule has 0 aliphatic rings. The predicted molar refractivity (Wildman–Crippen MR) is 118 cm³/mol. The third-order valence-corrected chi connectivity index (χ3v) is 5.02. The minimum absolute atomic E-state index is 0.978. The van der Waals surface area contributed by atoms with E-state index >= 15 is 0 Å². The van der Waals surface area contributed by atoms with Crippen LogP contribution in [0.15, 0.2) is 41.4 Å². The first-order valence-corrected chi connectivity index (χ1v) is 10.6. The Balaban J connectivity index is 0.000000347. The zero-order valence-electron chi connectivity index (χ0n) is 18.0. The third-order valence-electron chi connectivity index (χ3n) is 4.29. The second-order valence-electron chi connectivity index (χ2n) is 7.48. The van der Waals surface area contributed by atoms with Crippen LogP contribution in [-0.2, 0) is 27.5 Å². The van der Waals surface area contributed by atoms with Crippen LogP contribution in [0.4, 0.5) is 0 Å². The van der Waals surface area contributed by atoms with Crippen molar-refractivity contribution in [3.05, 3.63) is 52.5 Å². The van der Waals surface area contributed by atoms with E-state index < -0.39 is 36.4 Å². The van der Waals surface area contributed by atoms with E-state index in [1.807, 2.05) is 12.4 Å². The normalized spacial score (nSPS) is 11.2. The molecule has 0 amide bonds. The van der Waals surface area contributed by atoms with Crippen molar-refractivity contribution in [2.75, 3.05) is 27.2 Å². The highest BCUT2D eigenvalue weighted by molar-refractivity contribution is 7.07. The lowest BCUT2D eigenvalue weighted by Gasteiger charge is -2.23. The van der Waals surface area contributed by atoms with Crippen molar-refractivity contribution in [1.82, 2.24) is 14.8 Å². The number of aliphatic carboxylic acids is 3. The molecule has 0 aliphatic heterocycles. The number of hydrogen-bond acceptors (Lipinski definition) is 8. The van der Waals surface area contributed by atoms with Crippen LogP contribution in [0.3, 0.4) is 0 Å². The van der Waals surface area contributed by atoms with Gasteiger partial charge in [-0.2, -0.15) is 11.3 Å². The van der Waals surface area contributed by atoms with Crippen molar-refractivity contribution < 1.29 is 34.8 Å². The largest absolute Gasteiger partial charge is 0.481 e. The van der Waals surface area contributed by atoms with Gasteiger partial charge in [-0.05, 0) is 54.2 Å². The second-order valence-corrected chi connectivity index (χ2v) is 8.26. The van der Waals surface area contributed by atoms with Gasteiger partial charge < -0.3 is 25.3 Å². The van der Waals surface area contributed by atoms with E-state index in [0.717, 1.165) is 26.2 Å². The van der Waals surface area contributed by atoms with E-state index in [4.69, 9.17) is 20.4 Å². The molecule has 2 aromatic heterocycles. The van der Waals surface area contributed by atoms with Gasteiger partial charge in [0.05, 0.1) is 12.8 Å². The number of aromatic nitrogens is 1. The molecule has 176 valence electrons. The Hall–Kier alpha value is -2.86. The summed E-state index contributed by atoms with van der Waals surface area (Å²) in [6.45, 7) is 4.15. The van der Waals surface area contributed by atoms with Crippen molar-refractivity contribution in [2.24, 2.45) is 0 Å². The van der Waals surface area contributed by atoms with E-state index in [2.05, 4.69) is 57.8 Å². The maximum absolute atomic E-state index is 10.3. The standard InChI is InChI=1S/C15H21N3S.C6H8O7/c1-17(2)8-9-18(12-15-5-10-19-13-15)11-14-3-6-16-7-4-14;7-3(8)1-6(13,5(11)12)2-4(9)10/h3-7,10,13H,8-9,11-12H2,1-2H3;13H,1-2H2,(H,7,8)(H,9,10)(H,11,12). The number of hydrogen-bond donors (Lipinski definition) is 4. The lowest BCUT2D eigenvalue weighted by Crippen LogP contribution is -2.42. The summed E-state index contributed by atoms with van der Waals surface area (Å²) in [4.78, 5) is 39.3. The molecule has 0 saturated heterocycles. The van der Waals surface area contributed by atoms with Crippen LogP contribution < -0.4 is 0 Å². The first-order chi connectivity index (χ1) is 15.0. The van der Waals surface area contributed by atoms with Gasteiger partial charge in [-0.1, -0.05) is 0 Å². The third kappa shape index (κ3) is 11.0. The summed E-state index contributed by atoms with van der Waals surface area (Å²) in [7, 11) is 4.24. The SMILES string of the molecule is CN(C)CCN(Cc1ccncc1)Cc1ccsc1.O=C(O)CC(O)(CC(=O)O)C(=O)O. The number of nitrogens with zero attached hydrogens (tertiary/aromatic N) is 3. The minimum Gasteiger partial charge on any atom is -0.481 e. The van der Waals surface area contributed by atoms with E-state index in [9.17, 15) is 14.4 Å². The highest BCUT2D eigenvalue weighted by atomic mass is 32.1. The molecule has 0 aliphatic carbocycles. The van der Waals surface area contributed by atoms with Crippen LogP contribution >= 0.6 is 11.3 Å². The number of aliphatic hydroxyl groups is 1. The monoisotopic (exact) mass is 467 g/mol. The fourth-order valence-electron chi connectivity index (χ4n) is 2.66. The Morgan fingerprint density at radius 1 is 0.938 bits per heavy atom. The van der Waals surface area contributed by atoms with Gasteiger partial charge in [-0.15, -0.1) is 0 Å². The van der Waals surface area contributed by atoms with Crippen LogP contribution in [0, 0.1) is 0 Å². The molecule has 32 heavy (non-hydrogen) atoms. The van der Waals surface area contributed by atoms with Gasteiger partial charge in [-0.3, -0.25) is 19.5 Å². The molecular formula is C21H29N3O7S. The van der Waals surface area contributed by atoms with E-state index in [0.29, 0.717) is 0 Å². The average Bonchev–Trinajstić information content (AvgIpc) is 3.19. The van der Waals surface area contributed by atoms with Gasteiger partial charge in [0.2, 0.25) is 0 Å². The smallest absolute Gasteiger partial charge is 0.336 e. The van der Waals surface area contributed by atoms with Gasteiger partial charge in [0.1, 0.15) is 0 Å².